The average Bonchev–Trinajstić information content (AvgIpc) is 2.63. The molecule has 0 aliphatic carbocycles. The lowest BCUT2D eigenvalue weighted by Crippen LogP contribution is -1.95. The highest BCUT2D eigenvalue weighted by Gasteiger charge is 2.09. The van der Waals surface area contributed by atoms with Crippen molar-refractivity contribution in [3.8, 4) is 0 Å². The molecular weight excluding hydrogens is 242 g/mol. The smallest absolute Gasteiger partial charge is 0.0710 e. The number of aliphatic hydroxyl groups is 1. The van der Waals surface area contributed by atoms with E-state index in [1.165, 1.54) is 0 Å². The number of hydrogen-bond donors (Lipinski definition) is 2. The third kappa shape index (κ3) is 2.21. The number of halogens is 1. The molecule has 0 fully saturated rings. The van der Waals surface area contributed by atoms with Crippen LogP contribution < -0.4 is 5.32 Å². The standard InChI is InChI=1S/C12H12ClNOS/c1-8-12(9(6-15)7-16-8)14-11-5-3-2-4-10(11)13/h2-5,7,14-15H,6H2,1H3. The molecule has 1 aromatic carbocycles. The molecule has 4 heteroatoms. The van der Waals surface area contributed by atoms with Crippen LogP contribution in [0.15, 0.2) is 29.6 Å². The molecule has 1 aromatic heterocycles. The first-order valence-corrected chi connectivity index (χ1v) is 6.17. The molecule has 0 amide bonds. The highest BCUT2D eigenvalue weighted by molar-refractivity contribution is 7.10. The van der Waals surface area contributed by atoms with Crippen molar-refractivity contribution in [1.82, 2.24) is 0 Å². The minimum absolute atomic E-state index is 0.0388. The zero-order valence-electron chi connectivity index (χ0n) is 8.83. The van der Waals surface area contributed by atoms with Gasteiger partial charge in [0, 0.05) is 10.4 Å². The fraction of sp³-hybridized carbons (Fsp3) is 0.167. The Morgan fingerprint density at radius 1 is 1.38 bits per heavy atom. The number of thiophene rings is 1. The first kappa shape index (κ1) is 11.5. The van der Waals surface area contributed by atoms with E-state index >= 15 is 0 Å². The summed E-state index contributed by atoms with van der Waals surface area (Å²) in [5, 5.41) is 15.1. The van der Waals surface area contributed by atoms with Crippen molar-refractivity contribution in [3.05, 3.63) is 45.1 Å². The van der Waals surface area contributed by atoms with Crippen molar-refractivity contribution in [2.45, 2.75) is 13.5 Å². The topological polar surface area (TPSA) is 32.3 Å². The van der Waals surface area contributed by atoms with Gasteiger partial charge in [-0.2, -0.15) is 0 Å². The van der Waals surface area contributed by atoms with Gasteiger partial charge in [0.15, 0.2) is 0 Å². The lowest BCUT2D eigenvalue weighted by molar-refractivity contribution is 0.283. The van der Waals surface area contributed by atoms with Crippen molar-refractivity contribution in [1.29, 1.82) is 0 Å². The molecule has 1 heterocycles. The summed E-state index contributed by atoms with van der Waals surface area (Å²) in [6, 6.07) is 7.57. The Bertz CT molecular complexity index is 496. The van der Waals surface area contributed by atoms with Gasteiger partial charge in [-0.1, -0.05) is 23.7 Å². The van der Waals surface area contributed by atoms with Gasteiger partial charge in [-0.05, 0) is 24.4 Å². The Kier molecular flexibility index (Phi) is 3.49. The zero-order valence-corrected chi connectivity index (χ0v) is 10.4. The Hall–Kier alpha value is -1.03. The van der Waals surface area contributed by atoms with Gasteiger partial charge in [0.2, 0.25) is 0 Å². The van der Waals surface area contributed by atoms with Crippen LogP contribution in [0.3, 0.4) is 0 Å². The largest absolute Gasteiger partial charge is 0.392 e. The summed E-state index contributed by atoms with van der Waals surface area (Å²) < 4.78 is 0. The lowest BCUT2D eigenvalue weighted by atomic mass is 10.2. The van der Waals surface area contributed by atoms with Crippen molar-refractivity contribution in [2.75, 3.05) is 5.32 Å². The van der Waals surface area contributed by atoms with Gasteiger partial charge >= 0.3 is 0 Å². The molecular formula is C12H12ClNOS. The molecule has 0 saturated heterocycles. The Balaban J connectivity index is 2.33. The second-order valence-corrected chi connectivity index (χ2v) is 4.95. The SMILES string of the molecule is Cc1scc(CO)c1Nc1ccccc1Cl. The first-order valence-electron chi connectivity index (χ1n) is 4.91. The van der Waals surface area contributed by atoms with Crippen molar-refractivity contribution >= 4 is 34.3 Å². The monoisotopic (exact) mass is 253 g/mol. The van der Waals surface area contributed by atoms with E-state index in [1.54, 1.807) is 11.3 Å². The molecule has 2 N–H and O–H groups in total. The fourth-order valence-electron chi connectivity index (χ4n) is 1.49. The molecule has 0 spiro atoms. The number of nitrogens with one attached hydrogen (secondary N) is 1. The highest BCUT2D eigenvalue weighted by Crippen LogP contribution is 2.32. The predicted octanol–water partition coefficient (Wildman–Crippen LogP) is 3.95. The zero-order chi connectivity index (χ0) is 11.5. The molecule has 0 aliphatic heterocycles. The maximum Gasteiger partial charge on any atom is 0.0710 e. The Morgan fingerprint density at radius 2 is 2.12 bits per heavy atom. The predicted molar refractivity (Wildman–Crippen MR) is 69.7 cm³/mol. The van der Waals surface area contributed by atoms with E-state index in [2.05, 4.69) is 5.32 Å². The summed E-state index contributed by atoms with van der Waals surface area (Å²) in [6.07, 6.45) is 0. The van der Waals surface area contributed by atoms with Crippen molar-refractivity contribution in [3.63, 3.8) is 0 Å². The van der Waals surface area contributed by atoms with E-state index in [0.29, 0.717) is 5.02 Å². The molecule has 2 rings (SSSR count). The summed E-state index contributed by atoms with van der Waals surface area (Å²) >= 11 is 7.68. The van der Waals surface area contributed by atoms with Crippen LogP contribution in [0, 0.1) is 6.92 Å². The summed E-state index contributed by atoms with van der Waals surface area (Å²) in [6.45, 7) is 2.06. The van der Waals surface area contributed by atoms with Gasteiger partial charge in [-0.25, -0.2) is 0 Å². The van der Waals surface area contributed by atoms with E-state index < -0.39 is 0 Å². The summed E-state index contributed by atoms with van der Waals surface area (Å²) in [4.78, 5) is 1.14. The summed E-state index contributed by atoms with van der Waals surface area (Å²) in [5.74, 6) is 0. The van der Waals surface area contributed by atoms with Crippen LogP contribution in [-0.4, -0.2) is 5.11 Å². The second kappa shape index (κ2) is 4.87. The van der Waals surface area contributed by atoms with Crippen molar-refractivity contribution in [2.24, 2.45) is 0 Å². The van der Waals surface area contributed by atoms with Gasteiger partial charge in [0.1, 0.15) is 0 Å². The maximum absolute atomic E-state index is 9.21. The minimum Gasteiger partial charge on any atom is -0.392 e. The lowest BCUT2D eigenvalue weighted by Gasteiger charge is -2.09. The van der Waals surface area contributed by atoms with Gasteiger partial charge in [-0.15, -0.1) is 11.3 Å². The molecule has 84 valence electrons. The normalized spacial score (nSPS) is 10.4. The molecule has 2 aromatic rings. The van der Waals surface area contributed by atoms with Crippen LogP contribution in [0.5, 0.6) is 0 Å². The number of aryl methyl sites for hydroxylation is 1. The van der Waals surface area contributed by atoms with Crippen molar-refractivity contribution < 1.29 is 5.11 Å². The molecule has 0 unspecified atom stereocenters. The van der Waals surface area contributed by atoms with Crippen LogP contribution in [0.25, 0.3) is 0 Å². The third-order valence-electron chi connectivity index (χ3n) is 2.36. The van der Waals surface area contributed by atoms with Gasteiger partial charge < -0.3 is 10.4 Å². The molecule has 0 radical (unpaired) electrons. The van der Waals surface area contributed by atoms with E-state index in [-0.39, 0.29) is 6.61 Å². The number of anilines is 2. The molecule has 16 heavy (non-hydrogen) atoms. The van der Waals surface area contributed by atoms with Crippen LogP contribution >= 0.6 is 22.9 Å². The quantitative estimate of drug-likeness (QED) is 0.868. The molecule has 0 atom stereocenters. The summed E-state index contributed by atoms with van der Waals surface area (Å²) in [5.41, 5.74) is 2.73. The molecule has 0 saturated carbocycles. The molecule has 2 nitrogen and oxygen atoms in total. The van der Waals surface area contributed by atoms with Crippen LogP contribution in [-0.2, 0) is 6.61 Å². The molecule has 0 aliphatic rings. The van der Waals surface area contributed by atoms with E-state index in [4.69, 9.17) is 11.6 Å². The Labute approximate surface area is 104 Å². The van der Waals surface area contributed by atoms with E-state index in [9.17, 15) is 5.11 Å². The van der Waals surface area contributed by atoms with Crippen LogP contribution in [0.1, 0.15) is 10.4 Å². The van der Waals surface area contributed by atoms with Crippen LogP contribution in [0.2, 0.25) is 5.02 Å². The average molecular weight is 254 g/mol. The minimum atomic E-state index is 0.0388. The fourth-order valence-corrected chi connectivity index (χ4v) is 2.48. The van der Waals surface area contributed by atoms with Gasteiger partial charge in [0.25, 0.3) is 0 Å². The van der Waals surface area contributed by atoms with Gasteiger partial charge in [-0.3, -0.25) is 0 Å². The number of hydrogen-bond acceptors (Lipinski definition) is 3. The Morgan fingerprint density at radius 3 is 2.81 bits per heavy atom. The number of benzene rings is 1. The van der Waals surface area contributed by atoms with Crippen LogP contribution in [0.4, 0.5) is 11.4 Å². The second-order valence-electron chi connectivity index (χ2n) is 3.46. The number of rotatable bonds is 3. The van der Waals surface area contributed by atoms with E-state index in [0.717, 1.165) is 21.8 Å². The number of aliphatic hydroxyl groups excluding tert-OH is 1. The number of para-hydroxylation sites is 1. The first-order chi connectivity index (χ1) is 7.72. The van der Waals surface area contributed by atoms with Gasteiger partial charge in [0.05, 0.1) is 23.0 Å². The maximum atomic E-state index is 9.21. The molecule has 0 bridgehead atoms. The highest BCUT2D eigenvalue weighted by atomic mass is 35.5. The third-order valence-corrected chi connectivity index (χ3v) is 3.64. The summed E-state index contributed by atoms with van der Waals surface area (Å²) in [7, 11) is 0. The van der Waals surface area contributed by atoms with E-state index in [1.807, 2.05) is 36.6 Å².